The van der Waals surface area contributed by atoms with Crippen LogP contribution in [-0.4, -0.2) is 42.3 Å². The molecule has 1 saturated heterocycles. The number of carbonyl (C=O) groups excluding carboxylic acids is 1. The number of benzene rings is 1. The molecular formula is C21H26N2O3. The SMILES string of the molecule is CO[C@H]1CN(C(=O)C2(c3ccc(C)cc3)CC2)C[C@H]1Cc1cc(C)no1. The van der Waals surface area contributed by atoms with Gasteiger partial charge in [-0.25, -0.2) is 0 Å². The molecule has 2 aromatic rings. The molecule has 0 N–H and O–H groups in total. The Morgan fingerprint density at radius 3 is 2.58 bits per heavy atom. The van der Waals surface area contributed by atoms with Gasteiger partial charge in [0.25, 0.3) is 0 Å². The molecule has 138 valence electrons. The van der Waals surface area contributed by atoms with Crippen LogP contribution in [0.15, 0.2) is 34.9 Å². The highest BCUT2D eigenvalue weighted by atomic mass is 16.5. The summed E-state index contributed by atoms with van der Waals surface area (Å²) in [7, 11) is 1.73. The van der Waals surface area contributed by atoms with E-state index in [1.807, 2.05) is 17.9 Å². The number of aromatic nitrogens is 1. The monoisotopic (exact) mass is 354 g/mol. The molecule has 4 rings (SSSR count). The van der Waals surface area contributed by atoms with Crippen molar-refractivity contribution < 1.29 is 14.1 Å². The molecule has 1 saturated carbocycles. The molecular weight excluding hydrogens is 328 g/mol. The Morgan fingerprint density at radius 2 is 2.00 bits per heavy atom. The van der Waals surface area contributed by atoms with Crippen molar-refractivity contribution in [3.63, 3.8) is 0 Å². The normalized spacial score (nSPS) is 24.0. The zero-order valence-corrected chi connectivity index (χ0v) is 15.7. The number of likely N-dealkylation sites (tertiary alicyclic amines) is 1. The summed E-state index contributed by atoms with van der Waals surface area (Å²) in [4.78, 5) is 15.3. The van der Waals surface area contributed by atoms with E-state index in [0.29, 0.717) is 13.1 Å². The smallest absolute Gasteiger partial charge is 0.233 e. The van der Waals surface area contributed by atoms with Gasteiger partial charge in [0.15, 0.2) is 0 Å². The van der Waals surface area contributed by atoms with Crippen LogP contribution in [0.1, 0.15) is 35.4 Å². The summed E-state index contributed by atoms with van der Waals surface area (Å²) in [6.45, 7) is 5.36. The van der Waals surface area contributed by atoms with Gasteiger partial charge in [0.1, 0.15) is 5.76 Å². The first-order valence-electron chi connectivity index (χ1n) is 9.33. The highest BCUT2D eigenvalue weighted by Gasteiger charge is 2.54. The highest BCUT2D eigenvalue weighted by molar-refractivity contribution is 5.91. The van der Waals surface area contributed by atoms with E-state index in [9.17, 15) is 4.79 Å². The first-order valence-corrected chi connectivity index (χ1v) is 9.33. The van der Waals surface area contributed by atoms with E-state index in [0.717, 1.165) is 36.3 Å². The van der Waals surface area contributed by atoms with Crippen molar-refractivity contribution in [3.8, 4) is 0 Å². The second-order valence-corrected chi connectivity index (χ2v) is 7.83. The van der Waals surface area contributed by atoms with Crippen LogP contribution in [0.25, 0.3) is 0 Å². The Balaban J connectivity index is 1.49. The van der Waals surface area contributed by atoms with Crippen molar-refractivity contribution in [2.45, 2.75) is 44.6 Å². The topological polar surface area (TPSA) is 55.6 Å². The van der Waals surface area contributed by atoms with Crippen molar-refractivity contribution in [3.05, 3.63) is 52.9 Å². The Morgan fingerprint density at radius 1 is 1.27 bits per heavy atom. The minimum atomic E-state index is -0.316. The molecule has 2 heterocycles. The minimum Gasteiger partial charge on any atom is -0.379 e. The number of methoxy groups -OCH3 is 1. The summed E-state index contributed by atoms with van der Waals surface area (Å²) in [5, 5.41) is 3.96. The zero-order valence-electron chi connectivity index (χ0n) is 15.7. The lowest BCUT2D eigenvalue weighted by molar-refractivity contribution is -0.133. The van der Waals surface area contributed by atoms with Crippen LogP contribution >= 0.6 is 0 Å². The van der Waals surface area contributed by atoms with E-state index in [1.54, 1.807) is 7.11 Å². The van der Waals surface area contributed by atoms with E-state index in [4.69, 9.17) is 9.26 Å². The maximum absolute atomic E-state index is 13.3. The highest BCUT2D eigenvalue weighted by Crippen LogP contribution is 2.50. The first-order chi connectivity index (χ1) is 12.5. The van der Waals surface area contributed by atoms with Gasteiger partial charge in [-0.05, 0) is 32.3 Å². The lowest BCUT2D eigenvalue weighted by Crippen LogP contribution is -2.38. The maximum atomic E-state index is 13.3. The number of hydrogen-bond acceptors (Lipinski definition) is 4. The van der Waals surface area contributed by atoms with Gasteiger partial charge in [-0.3, -0.25) is 4.79 Å². The number of nitrogens with zero attached hydrogens (tertiary/aromatic N) is 2. The second-order valence-electron chi connectivity index (χ2n) is 7.83. The van der Waals surface area contributed by atoms with E-state index in [1.165, 1.54) is 5.56 Å². The average molecular weight is 354 g/mol. The lowest BCUT2D eigenvalue weighted by atomic mass is 9.93. The predicted molar refractivity (Wildman–Crippen MR) is 97.9 cm³/mol. The van der Waals surface area contributed by atoms with Gasteiger partial charge < -0.3 is 14.2 Å². The molecule has 0 radical (unpaired) electrons. The Hall–Kier alpha value is -2.14. The third kappa shape index (κ3) is 3.05. The molecule has 1 aliphatic heterocycles. The zero-order chi connectivity index (χ0) is 18.3. The van der Waals surface area contributed by atoms with Gasteiger partial charge in [-0.1, -0.05) is 35.0 Å². The molecule has 0 bridgehead atoms. The Labute approximate surface area is 154 Å². The van der Waals surface area contributed by atoms with Crippen LogP contribution < -0.4 is 0 Å². The number of amides is 1. The summed E-state index contributed by atoms with van der Waals surface area (Å²) in [5.74, 6) is 1.35. The van der Waals surface area contributed by atoms with E-state index in [-0.39, 0.29) is 23.3 Å². The third-order valence-corrected chi connectivity index (χ3v) is 5.87. The number of hydrogen-bond donors (Lipinski definition) is 0. The van der Waals surface area contributed by atoms with Gasteiger partial charge >= 0.3 is 0 Å². The fraction of sp³-hybridized carbons (Fsp3) is 0.524. The van der Waals surface area contributed by atoms with Gasteiger partial charge in [0.05, 0.1) is 17.2 Å². The molecule has 1 amide bonds. The number of rotatable bonds is 5. The van der Waals surface area contributed by atoms with Crippen molar-refractivity contribution in [1.82, 2.24) is 10.1 Å². The summed E-state index contributed by atoms with van der Waals surface area (Å²) in [6.07, 6.45) is 2.67. The molecule has 0 spiro atoms. The molecule has 1 aliphatic carbocycles. The van der Waals surface area contributed by atoms with Gasteiger partial charge in [0, 0.05) is 38.6 Å². The summed E-state index contributed by atoms with van der Waals surface area (Å²) in [5.41, 5.74) is 2.94. The molecule has 5 nitrogen and oxygen atoms in total. The Kier molecular flexibility index (Phi) is 4.35. The predicted octanol–water partition coefficient (Wildman–Crippen LogP) is 3.04. The van der Waals surface area contributed by atoms with Crippen molar-refractivity contribution in [2.24, 2.45) is 5.92 Å². The fourth-order valence-electron chi connectivity index (χ4n) is 4.17. The summed E-state index contributed by atoms with van der Waals surface area (Å²) >= 11 is 0. The van der Waals surface area contributed by atoms with Gasteiger partial charge in [0.2, 0.25) is 5.91 Å². The second kappa shape index (κ2) is 6.54. The molecule has 2 atom stereocenters. The molecule has 5 heteroatoms. The quantitative estimate of drug-likeness (QED) is 0.828. The fourth-order valence-corrected chi connectivity index (χ4v) is 4.17. The van der Waals surface area contributed by atoms with E-state index in [2.05, 4.69) is 36.3 Å². The van der Waals surface area contributed by atoms with E-state index >= 15 is 0 Å². The van der Waals surface area contributed by atoms with Gasteiger partial charge in [-0.15, -0.1) is 0 Å². The van der Waals surface area contributed by atoms with Crippen LogP contribution in [0.3, 0.4) is 0 Å². The van der Waals surface area contributed by atoms with E-state index < -0.39 is 0 Å². The minimum absolute atomic E-state index is 0.0400. The van der Waals surface area contributed by atoms with Crippen molar-refractivity contribution in [2.75, 3.05) is 20.2 Å². The molecule has 0 unspecified atom stereocenters. The molecule has 1 aromatic heterocycles. The van der Waals surface area contributed by atoms with Crippen LogP contribution in [0.2, 0.25) is 0 Å². The summed E-state index contributed by atoms with van der Waals surface area (Å²) in [6, 6.07) is 10.4. The average Bonchev–Trinajstić information content (AvgIpc) is 3.19. The molecule has 26 heavy (non-hydrogen) atoms. The van der Waals surface area contributed by atoms with Crippen LogP contribution in [0.4, 0.5) is 0 Å². The number of aryl methyl sites for hydroxylation is 2. The third-order valence-electron chi connectivity index (χ3n) is 5.87. The standard InChI is InChI=1S/C21H26N2O3/c1-14-4-6-17(7-5-14)21(8-9-21)20(24)23-12-16(19(13-23)25-3)11-18-10-15(2)22-26-18/h4-7,10,16,19H,8-9,11-13H2,1-3H3/t16-,19+/m1/s1. The lowest BCUT2D eigenvalue weighted by Gasteiger charge is -2.23. The van der Waals surface area contributed by atoms with Crippen LogP contribution in [0.5, 0.6) is 0 Å². The van der Waals surface area contributed by atoms with Crippen molar-refractivity contribution in [1.29, 1.82) is 0 Å². The van der Waals surface area contributed by atoms with Gasteiger partial charge in [-0.2, -0.15) is 0 Å². The Bertz CT molecular complexity index is 792. The summed E-state index contributed by atoms with van der Waals surface area (Å²) < 4.78 is 11.0. The van der Waals surface area contributed by atoms with Crippen molar-refractivity contribution >= 4 is 5.91 Å². The molecule has 2 fully saturated rings. The molecule has 2 aliphatic rings. The first kappa shape index (κ1) is 17.3. The number of carbonyl (C=O) groups is 1. The van der Waals surface area contributed by atoms with Crippen LogP contribution in [-0.2, 0) is 21.4 Å². The number of ether oxygens (including phenoxy) is 1. The maximum Gasteiger partial charge on any atom is 0.233 e. The van der Waals surface area contributed by atoms with Crippen LogP contribution in [0, 0.1) is 19.8 Å². The largest absolute Gasteiger partial charge is 0.379 e. The molecule has 1 aromatic carbocycles.